The van der Waals surface area contributed by atoms with Gasteiger partial charge in [0, 0.05) is 18.4 Å². The molecule has 0 aliphatic heterocycles. The van der Waals surface area contributed by atoms with Crippen LogP contribution in [0.25, 0.3) is 11.4 Å². The molecule has 1 N–H and O–H groups in total. The zero-order valence-electron chi connectivity index (χ0n) is 16.0. The van der Waals surface area contributed by atoms with Crippen molar-refractivity contribution in [2.24, 2.45) is 0 Å². The van der Waals surface area contributed by atoms with Crippen LogP contribution in [0.15, 0.2) is 53.1 Å². The predicted octanol–water partition coefficient (Wildman–Crippen LogP) is 4.42. The molecule has 5 heteroatoms. The maximum atomic E-state index is 12.3. The Hall–Kier alpha value is -2.95. The number of aryl methyl sites for hydroxylation is 3. The molecule has 2 aromatic carbocycles. The van der Waals surface area contributed by atoms with E-state index in [0.717, 1.165) is 17.5 Å². The Kier molecular flexibility index (Phi) is 6.01. The van der Waals surface area contributed by atoms with Crippen molar-refractivity contribution >= 4 is 5.91 Å². The average Bonchev–Trinajstić information content (AvgIpc) is 3.16. The number of nitrogens with zero attached hydrogens (tertiary/aromatic N) is 2. The maximum absolute atomic E-state index is 12.3. The van der Waals surface area contributed by atoms with Crippen LogP contribution >= 0.6 is 0 Å². The first kappa shape index (κ1) is 18.8. The number of nitrogens with one attached hydrogen (secondary N) is 1. The van der Waals surface area contributed by atoms with Gasteiger partial charge in [-0.3, -0.25) is 4.79 Å². The minimum absolute atomic E-state index is 0.0298. The third kappa shape index (κ3) is 4.82. The molecule has 0 radical (unpaired) electrons. The molecule has 0 fully saturated rings. The highest BCUT2D eigenvalue weighted by atomic mass is 16.5. The molecule has 1 amide bonds. The molecule has 0 unspecified atom stereocenters. The first-order chi connectivity index (χ1) is 13.1. The Morgan fingerprint density at radius 1 is 1.15 bits per heavy atom. The summed E-state index contributed by atoms with van der Waals surface area (Å²) in [5.41, 5.74) is 4.48. The van der Waals surface area contributed by atoms with Gasteiger partial charge in [-0.25, -0.2) is 0 Å². The van der Waals surface area contributed by atoms with Crippen molar-refractivity contribution in [3.05, 3.63) is 71.1 Å². The molecule has 1 aromatic heterocycles. The van der Waals surface area contributed by atoms with Gasteiger partial charge in [-0.15, -0.1) is 0 Å². The zero-order valence-corrected chi connectivity index (χ0v) is 16.0. The first-order valence-electron chi connectivity index (χ1n) is 9.33. The highest BCUT2D eigenvalue weighted by Crippen LogP contribution is 2.18. The molecule has 0 bridgehead atoms. The number of rotatable bonds is 7. The molecule has 0 aliphatic carbocycles. The average molecular weight is 363 g/mol. The van der Waals surface area contributed by atoms with Gasteiger partial charge < -0.3 is 9.84 Å². The zero-order chi connectivity index (χ0) is 19.2. The Balaban J connectivity index is 1.55. The summed E-state index contributed by atoms with van der Waals surface area (Å²) in [5, 5.41) is 7.05. The van der Waals surface area contributed by atoms with Gasteiger partial charge in [-0.1, -0.05) is 60.6 Å². The monoisotopic (exact) mass is 363 g/mol. The summed E-state index contributed by atoms with van der Waals surface area (Å²) in [5.74, 6) is 1.00. The Morgan fingerprint density at radius 3 is 2.59 bits per heavy atom. The SMILES string of the molecule is CCc1ccc(-c2noc(CCC(=O)N[C@H](C)c3ccccc3C)n2)cc1. The summed E-state index contributed by atoms with van der Waals surface area (Å²) in [7, 11) is 0. The molecule has 0 saturated carbocycles. The Bertz CT molecular complexity index is 900. The van der Waals surface area contributed by atoms with Gasteiger partial charge in [-0.2, -0.15) is 4.98 Å². The second-order valence-electron chi connectivity index (χ2n) is 6.71. The van der Waals surface area contributed by atoms with Crippen molar-refractivity contribution in [3.63, 3.8) is 0 Å². The van der Waals surface area contributed by atoms with Gasteiger partial charge in [0.2, 0.25) is 17.6 Å². The topological polar surface area (TPSA) is 68.0 Å². The third-order valence-electron chi connectivity index (χ3n) is 4.69. The maximum Gasteiger partial charge on any atom is 0.227 e. The highest BCUT2D eigenvalue weighted by molar-refractivity contribution is 5.76. The van der Waals surface area contributed by atoms with E-state index in [1.165, 1.54) is 11.1 Å². The van der Waals surface area contributed by atoms with E-state index in [0.29, 0.717) is 24.6 Å². The number of amides is 1. The van der Waals surface area contributed by atoms with Crippen LogP contribution in [-0.2, 0) is 17.6 Å². The van der Waals surface area contributed by atoms with Crippen molar-refractivity contribution in [2.75, 3.05) is 0 Å². The van der Waals surface area contributed by atoms with Crippen molar-refractivity contribution in [1.29, 1.82) is 0 Å². The number of hydrogen-bond acceptors (Lipinski definition) is 4. The van der Waals surface area contributed by atoms with Crippen molar-refractivity contribution in [1.82, 2.24) is 15.5 Å². The van der Waals surface area contributed by atoms with E-state index in [-0.39, 0.29) is 11.9 Å². The highest BCUT2D eigenvalue weighted by Gasteiger charge is 2.14. The summed E-state index contributed by atoms with van der Waals surface area (Å²) < 4.78 is 5.29. The van der Waals surface area contributed by atoms with Gasteiger partial charge in [-0.05, 0) is 37.0 Å². The number of carbonyl (C=O) groups is 1. The molecule has 0 spiro atoms. The van der Waals surface area contributed by atoms with E-state index in [9.17, 15) is 4.79 Å². The molecule has 1 heterocycles. The second kappa shape index (κ2) is 8.62. The second-order valence-corrected chi connectivity index (χ2v) is 6.71. The lowest BCUT2D eigenvalue weighted by atomic mass is 10.0. The number of hydrogen-bond donors (Lipinski definition) is 1. The molecule has 140 valence electrons. The smallest absolute Gasteiger partial charge is 0.227 e. The molecule has 0 saturated heterocycles. The van der Waals surface area contributed by atoms with Crippen LogP contribution in [0, 0.1) is 6.92 Å². The molecule has 5 nitrogen and oxygen atoms in total. The summed E-state index contributed by atoms with van der Waals surface area (Å²) in [6.07, 6.45) is 1.73. The number of carbonyl (C=O) groups excluding carboxylic acids is 1. The summed E-state index contributed by atoms with van der Waals surface area (Å²) in [6, 6.07) is 16.1. The van der Waals surface area contributed by atoms with Crippen LogP contribution in [0.4, 0.5) is 0 Å². The number of benzene rings is 2. The fourth-order valence-corrected chi connectivity index (χ4v) is 3.05. The Labute approximate surface area is 159 Å². The summed E-state index contributed by atoms with van der Waals surface area (Å²) in [6.45, 7) is 6.16. The number of aromatic nitrogens is 2. The van der Waals surface area contributed by atoms with Gasteiger partial charge in [0.25, 0.3) is 0 Å². The van der Waals surface area contributed by atoms with E-state index >= 15 is 0 Å². The van der Waals surface area contributed by atoms with Crippen molar-refractivity contribution in [3.8, 4) is 11.4 Å². The standard InChI is InChI=1S/C22H25N3O2/c1-4-17-9-11-18(12-10-17)22-24-21(27-25-22)14-13-20(26)23-16(3)19-8-6-5-7-15(19)2/h5-12,16H,4,13-14H2,1-3H3,(H,23,26)/t16-/m1/s1. The molecule has 0 aliphatic rings. The molecule has 27 heavy (non-hydrogen) atoms. The predicted molar refractivity (Wildman–Crippen MR) is 105 cm³/mol. The van der Waals surface area contributed by atoms with Gasteiger partial charge >= 0.3 is 0 Å². The lowest BCUT2D eigenvalue weighted by molar-refractivity contribution is -0.121. The molecular weight excluding hydrogens is 338 g/mol. The van der Waals surface area contributed by atoms with E-state index < -0.39 is 0 Å². The van der Waals surface area contributed by atoms with Crippen LogP contribution in [-0.4, -0.2) is 16.0 Å². The van der Waals surface area contributed by atoms with Crippen LogP contribution in [0.3, 0.4) is 0 Å². The van der Waals surface area contributed by atoms with Crippen LogP contribution in [0.1, 0.15) is 48.9 Å². The van der Waals surface area contributed by atoms with Crippen molar-refractivity contribution in [2.45, 2.75) is 46.1 Å². The lowest BCUT2D eigenvalue weighted by Crippen LogP contribution is -2.27. The molecule has 3 aromatic rings. The normalized spacial score (nSPS) is 12.0. The van der Waals surface area contributed by atoms with E-state index in [4.69, 9.17) is 4.52 Å². The van der Waals surface area contributed by atoms with Crippen LogP contribution in [0.5, 0.6) is 0 Å². The minimum Gasteiger partial charge on any atom is -0.350 e. The quantitative estimate of drug-likeness (QED) is 0.675. The van der Waals surface area contributed by atoms with Crippen molar-refractivity contribution < 1.29 is 9.32 Å². The van der Waals surface area contributed by atoms with E-state index in [1.807, 2.05) is 50.2 Å². The first-order valence-corrected chi connectivity index (χ1v) is 9.33. The summed E-state index contributed by atoms with van der Waals surface area (Å²) >= 11 is 0. The van der Waals surface area contributed by atoms with Gasteiger partial charge in [0.05, 0.1) is 6.04 Å². The largest absolute Gasteiger partial charge is 0.350 e. The lowest BCUT2D eigenvalue weighted by Gasteiger charge is -2.16. The van der Waals surface area contributed by atoms with Crippen LogP contribution in [0.2, 0.25) is 0 Å². The van der Waals surface area contributed by atoms with Gasteiger partial charge in [0.1, 0.15) is 0 Å². The molecule has 3 rings (SSSR count). The van der Waals surface area contributed by atoms with E-state index in [2.05, 4.69) is 34.5 Å². The van der Waals surface area contributed by atoms with Gasteiger partial charge in [0.15, 0.2) is 0 Å². The minimum atomic E-state index is -0.0333. The fourth-order valence-electron chi connectivity index (χ4n) is 3.05. The van der Waals surface area contributed by atoms with E-state index in [1.54, 1.807) is 0 Å². The Morgan fingerprint density at radius 2 is 1.89 bits per heavy atom. The molecule has 1 atom stereocenters. The molecular formula is C22H25N3O2. The summed E-state index contributed by atoms with van der Waals surface area (Å²) in [4.78, 5) is 16.7. The van der Waals surface area contributed by atoms with Crippen LogP contribution < -0.4 is 5.32 Å². The fraction of sp³-hybridized carbons (Fsp3) is 0.318. The third-order valence-corrected chi connectivity index (χ3v) is 4.69.